The minimum atomic E-state index is 0.548. The SMILES string of the molecule is CCCOc1c(Cl)cc(NCC)cc1Cl. The maximum atomic E-state index is 6.06. The molecule has 0 atom stereocenters. The molecular formula is C11H15Cl2NO. The third kappa shape index (κ3) is 3.47. The van der Waals surface area contributed by atoms with Gasteiger partial charge in [-0.05, 0) is 25.5 Å². The number of halogens is 2. The van der Waals surface area contributed by atoms with E-state index in [4.69, 9.17) is 27.9 Å². The van der Waals surface area contributed by atoms with Crippen LogP contribution < -0.4 is 10.1 Å². The van der Waals surface area contributed by atoms with E-state index in [0.717, 1.165) is 18.7 Å². The second-order valence-corrected chi connectivity index (χ2v) is 3.96. The third-order valence-corrected chi connectivity index (χ3v) is 2.39. The first-order valence-corrected chi connectivity index (χ1v) is 5.80. The van der Waals surface area contributed by atoms with Crippen LogP contribution in [-0.2, 0) is 0 Å². The average molecular weight is 248 g/mol. The Morgan fingerprint density at radius 3 is 2.27 bits per heavy atom. The third-order valence-electron chi connectivity index (χ3n) is 1.83. The van der Waals surface area contributed by atoms with Crippen LogP contribution in [0.4, 0.5) is 5.69 Å². The Kier molecular flexibility index (Phi) is 5.06. The van der Waals surface area contributed by atoms with E-state index in [-0.39, 0.29) is 0 Å². The highest BCUT2D eigenvalue weighted by atomic mass is 35.5. The zero-order valence-corrected chi connectivity index (χ0v) is 10.5. The number of nitrogens with one attached hydrogen (secondary N) is 1. The van der Waals surface area contributed by atoms with Gasteiger partial charge in [-0.2, -0.15) is 0 Å². The lowest BCUT2D eigenvalue weighted by molar-refractivity contribution is 0.318. The van der Waals surface area contributed by atoms with Crippen molar-refractivity contribution in [3.8, 4) is 5.75 Å². The summed E-state index contributed by atoms with van der Waals surface area (Å²) in [6.45, 7) is 5.51. The van der Waals surface area contributed by atoms with Crippen molar-refractivity contribution in [2.24, 2.45) is 0 Å². The highest BCUT2D eigenvalue weighted by molar-refractivity contribution is 6.37. The molecule has 4 heteroatoms. The zero-order chi connectivity index (χ0) is 11.3. The van der Waals surface area contributed by atoms with Crippen LogP contribution in [0.3, 0.4) is 0 Å². The molecule has 0 aromatic heterocycles. The Balaban J connectivity index is 2.88. The fourth-order valence-electron chi connectivity index (χ4n) is 1.21. The van der Waals surface area contributed by atoms with E-state index >= 15 is 0 Å². The quantitative estimate of drug-likeness (QED) is 0.842. The predicted octanol–water partition coefficient (Wildman–Crippen LogP) is 4.21. The number of anilines is 1. The maximum absolute atomic E-state index is 6.06. The van der Waals surface area contributed by atoms with Gasteiger partial charge in [-0.1, -0.05) is 30.1 Å². The molecule has 0 spiro atoms. The minimum Gasteiger partial charge on any atom is -0.490 e. The van der Waals surface area contributed by atoms with Crippen molar-refractivity contribution < 1.29 is 4.74 Å². The minimum absolute atomic E-state index is 0.548. The lowest BCUT2D eigenvalue weighted by Crippen LogP contribution is -1.99. The Hall–Kier alpha value is -0.600. The van der Waals surface area contributed by atoms with E-state index in [1.807, 2.05) is 26.0 Å². The maximum Gasteiger partial charge on any atom is 0.156 e. The van der Waals surface area contributed by atoms with Gasteiger partial charge in [0.25, 0.3) is 0 Å². The molecule has 0 heterocycles. The van der Waals surface area contributed by atoms with Crippen molar-refractivity contribution in [1.82, 2.24) is 0 Å². The van der Waals surface area contributed by atoms with Crippen LogP contribution in [0.1, 0.15) is 20.3 Å². The topological polar surface area (TPSA) is 21.3 Å². The predicted molar refractivity (Wildman–Crippen MR) is 66.4 cm³/mol. The molecule has 1 aromatic carbocycles. The fraction of sp³-hybridized carbons (Fsp3) is 0.455. The molecule has 0 aliphatic heterocycles. The van der Waals surface area contributed by atoms with E-state index < -0.39 is 0 Å². The molecule has 1 rings (SSSR count). The van der Waals surface area contributed by atoms with Crippen molar-refractivity contribution in [3.63, 3.8) is 0 Å². The number of hydrogen-bond donors (Lipinski definition) is 1. The van der Waals surface area contributed by atoms with Crippen molar-refractivity contribution in [1.29, 1.82) is 0 Å². The summed E-state index contributed by atoms with van der Waals surface area (Å²) in [5.41, 5.74) is 0.913. The summed E-state index contributed by atoms with van der Waals surface area (Å²) >= 11 is 12.1. The summed E-state index contributed by atoms with van der Waals surface area (Å²) in [6, 6.07) is 3.64. The van der Waals surface area contributed by atoms with Gasteiger partial charge >= 0.3 is 0 Å². The van der Waals surface area contributed by atoms with Crippen LogP contribution in [0.2, 0.25) is 10.0 Å². The normalized spacial score (nSPS) is 10.1. The summed E-state index contributed by atoms with van der Waals surface area (Å²) in [4.78, 5) is 0. The Morgan fingerprint density at radius 2 is 1.80 bits per heavy atom. The molecule has 0 radical (unpaired) electrons. The number of hydrogen-bond acceptors (Lipinski definition) is 2. The number of benzene rings is 1. The van der Waals surface area contributed by atoms with Gasteiger partial charge in [0.1, 0.15) is 0 Å². The Bertz CT molecular complexity index is 305. The molecule has 0 aliphatic carbocycles. The second-order valence-electron chi connectivity index (χ2n) is 3.15. The smallest absolute Gasteiger partial charge is 0.156 e. The summed E-state index contributed by atoms with van der Waals surface area (Å²) in [5, 5.41) is 4.24. The zero-order valence-electron chi connectivity index (χ0n) is 8.94. The first kappa shape index (κ1) is 12.5. The van der Waals surface area contributed by atoms with Crippen LogP contribution in [0.25, 0.3) is 0 Å². The molecule has 0 saturated carbocycles. The van der Waals surface area contributed by atoms with Gasteiger partial charge in [0.15, 0.2) is 5.75 Å². The summed E-state index contributed by atoms with van der Waals surface area (Å²) in [7, 11) is 0. The monoisotopic (exact) mass is 247 g/mol. The number of ether oxygens (including phenoxy) is 1. The molecule has 0 bridgehead atoms. The molecular weight excluding hydrogens is 233 g/mol. The molecule has 84 valence electrons. The van der Waals surface area contributed by atoms with E-state index in [1.165, 1.54) is 0 Å². The average Bonchev–Trinajstić information content (AvgIpc) is 2.17. The molecule has 0 fully saturated rings. The van der Waals surface area contributed by atoms with E-state index in [2.05, 4.69) is 5.32 Å². The van der Waals surface area contributed by atoms with E-state index in [1.54, 1.807) is 0 Å². The lowest BCUT2D eigenvalue weighted by atomic mass is 10.3. The second kappa shape index (κ2) is 6.09. The van der Waals surface area contributed by atoms with Gasteiger partial charge in [0.05, 0.1) is 16.7 Å². The van der Waals surface area contributed by atoms with Gasteiger partial charge in [-0.3, -0.25) is 0 Å². The largest absolute Gasteiger partial charge is 0.490 e. The van der Waals surface area contributed by atoms with E-state index in [0.29, 0.717) is 22.4 Å². The van der Waals surface area contributed by atoms with Crippen molar-refractivity contribution in [3.05, 3.63) is 22.2 Å². The van der Waals surface area contributed by atoms with Crippen molar-refractivity contribution in [2.45, 2.75) is 20.3 Å². The van der Waals surface area contributed by atoms with Gasteiger partial charge in [0, 0.05) is 12.2 Å². The van der Waals surface area contributed by atoms with Crippen molar-refractivity contribution in [2.75, 3.05) is 18.5 Å². The molecule has 0 aliphatic rings. The summed E-state index contributed by atoms with van der Waals surface area (Å²) < 4.78 is 5.46. The Morgan fingerprint density at radius 1 is 1.20 bits per heavy atom. The first-order valence-electron chi connectivity index (χ1n) is 5.04. The summed E-state index contributed by atoms with van der Waals surface area (Å²) in [6.07, 6.45) is 0.932. The fourth-order valence-corrected chi connectivity index (χ4v) is 1.80. The van der Waals surface area contributed by atoms with Crippen LogP contribution in [0.5, 0.6) is 5.75 Å². The highest BCUT2D eigenvalue weighted by Gasteiger charge is 2.08. The molecule has 0 unspecified atom stereocenters. The van der Waals surface area contributed by atoms with Crippen LogP contribution in [-0.4, -0.2) is 13.2 Å². The van der Waals surface area contributed by atoms with Crippen LogP contribution in [0.15, 0.2) is 12.1 Å². The number of rotatable bonds is 5. The highest BCUT2D eigenvalue weighted by Crippen LogP contribution is 2.35. The molecule has 0 saturated heterocycles. The van der Waals surface area contributed by atoms with Crippen molar-refractivity contribution >= 4 is 28.9 Å². The molecule has 15 heavy (non-hydrogen) atoms. The molecule has 2 nitrogen and oxygen atoms in total. The van der Waals surface area contributed by atoms with Gasteiger partial charge < -0.3 is 10.1 Å². The van der Waals surface area contributed by atoms with Crippen LogP contribution in [0, 0.1) is 0 Å². The first-order chi connectivity index (χ1) is 7.19. The van der Waals surface area contributed by atoms with Crippen LogP contribution >= 0.6 is 23.2 Å². The van der Waals surface area contributed by atoms with Gasteiger partial charge in [-0.15, -0.1) is 0 Å². The van der Waals surface area contributed by atoms with Gasteiger partial charge in [0.2, 0.25) is 0 Å². The molecule has 1 aromatic rings. The van der Waals surface area contributed by atoms with Gasteiger partial charge in [-0.25, -0.2) is 0 Å². The van der Waals surface area contributed by atoms with E-state index in [9.17, 15) is 0 Å². The standard InChI is InChI=1S/C11H15Cl2NO/c1-3-5-15-11-9(12)6-8(14-4-2)7-10(11)13/h6-7,14H,3-5H2,1-2H3. The molecule has 1 N–H and O–H groups in total. The Labute approximate surface area is 101 Å². The summed E-state index contributed by atoms with van der Waals surface area (Å²) in [5.74, 6) is 0.571. The lowest BCUT2D eigenvalue weighted by Gasteiger charge is -2.11. The molecule has 0 amide bonds.